The summed E-state index contributed by atoms with van der Waals surface area (Å²) in [5.41, 5.74) is 6.13. The molecule has 0 unspecified atom stereocenters. The van der Waals surface area contributed by atoms with E-state index in [0.717, 1.165) is 16.7 Å². The van der Waals surface area contributed by atoms with E-state index < -0.39 is 107 Å². The van der Waals surface area contributed by atoms with E-state index in [1.165, 1.54) is 30.9 Å². The van der Waals surface area contributed by atoms with Crippen molar-refractivity contribution in [2.75, 3.05) is 69.2 Å². The number of nitrogens with two attached hydrogens (primary N) is 1. The highest BCUT2D eigenvalue weighted by molar-refractivity contribution is 9.09. The number of nitrogens with zero attached hydrogens (tertiary/aromatic N) is 3. The number of carbonyl (C=O) groups excluding carboxylic acids is 9. The highest BCUT2D eigenvalue weighted by Crippen LogP contribution is 2.50. The summed E-state index contributed by atoms with van der Waals surface area (Å²) in [6.45, 7) is 21.4. The number of hydrogen-bond acceptors (Lipinski definition) is 17. The van der Waals surface area contributed by atoms with Crippen LogP contribution in [0.4, 0.5) is 16.2 Å². The maximum atomic E-state index is 14.7. The average Bonchev–Trinajstić information content (AvgIpc) is 1.58. The van der Waals surface area contributed by atoms with E-state index in [2.05, 4.69) is 33.1 Å². The summed E-state index contributed by atoms with van der Waals surface area (Å²) in [5, 5.41) is 18.2. The molecule has 93 heavy (non-hydrogen) atoms. The molecule has 4 bridgehead atoms. The smallest absolute Gasteiger partial charge is 0.334 e. The van der Waals surface area contributed by atoms with Crippen molar-refractivity contribution in [1.29, 1.82) is 0 Å². The van der Waals surface area contributed by atoms with Gasteiger partial charge in [-0.25, -0.2) is 14.4 Å². The van der Waals surface area contributed by atoms with E-state index >= 15 is 0 Å². The van der Waals surface area contributed by atoms with Gasteiger partial charge in [0.2, 0.25) is 11.8 Å². The number of allylic oxidation sites excluding steroid dienone is 3. The number of morpholine rings is 1. The molecule has 5 N–H and O–H groups in total. The molecule has 4 heterocycles. The maximum absolute atomic E-state index is 14.7. The lowest BCUT2D eigenvalue weighted by Gasteiger charge is -2.41. The Morgan fingerprint density at radius 2 is 1.72 bits per heavy atom. The molecule has 3 saturated heterocycles. The molecule has 0 aromatic heterocycles. The summed E-state index contributed by atoms with van der Waals surface area (Å²) in [6, 6.07) is 5.60. The van der Waals surface area contributed by atoms with Gasteiger partial charge in [0.05, 0.1) is 48.9 Å². The van der Waals surface area contributed by atoms with E-state index in [1.807, 2.05) is 50.8 Å². The molecule has 4 aliphatic rings. The fraction of sp³-hybridized carbons (Fsp3) is 0.609. The highest BCUT2D eigenvalue weighted by Gasteiger charge is 2.64. The molecule has 24 heteroatoms. The van der Waals surface area contributed by atoms with Crippen LogP contribution in [-0.2, 0) is 74.8 Å². The van der Waals surface area contributed by atoms with Crippen molar-refractivity contribution in [3.05, 3.63) is 93.6 Å². The number of alkyl halides is 1. The Kier molecular flexibility index (Phi) is 27.0. The normalized spacial score (nSPS) is 24.6. The number of nitrogens with one attached hydrogen (secondary N) is 2. The topological polar surface area (TPSA) is 292 Å². The van der Waals surface area contributed by atoms with Crippen LogP contribution < -0.4 is 26.2 Å². The minimum absolute atomic E-state index is 0.00716. The fourth-order valence-corrected chi connectivity index (χ4v) is 12.8. The number of anilines is 2. The molecule has 512 valence electrons. The monoisotopic (exact) mass is 1380 g/mol. The number of unbranched alkanes of at least 4 members (excludes halogenated alkanes) is 1. The number of rotatable bonds is 26. The molecule has 4 aliphatic heterocycles. The second kappa shape index (κ2) is 33.3. The number of methoxy groups -OCH3 is 1. The van der Waals surface area contributed by atoms with Crippen molar-refractivity contribution < 1.29 is 76.7 Å². The maximum Gasteiger partial charge on any atom is 0.334 e. The Hall–Kier alpha value is -6.50. The van der Waals surface area contributed by atoms with Crippen LogP contribution in [0.2, 0.25) is 5.02 Å². The average molecular weight is 1380 g/mol. The van der Waals surface area contributed by atoms with Crippen LogP contribution in [0, 0.1) is 24.7 Å². The first-order valence-electron chi connectivity index (χ1n) is 32.0. The van der Waals surface area contributed by atoms with Crippen LogP contribution in [0.15, 0.2) is 66.3 Å². The van der Waals surface area contributed by atoms with Gasteiger partial charge in [0.1, 0.15) is 46.9 Å². The second-order valence-corrected chi connectivity index (χ2v) is 27.5. The first-order chi connectivity index (χ1) is 43.7. The van der Waals surface area contributed by atoms with Crippen molar-refractivity contribution in [2.24, 2.45) is 23.5 Å². The lowest BCUT2D eigenvalue weighted by Crippen LogP contribution is -2.53. The Balaban J connectivity index is 1.22. The van der Waals surface area contributed by atoms with E-state index in [-0.39, 0.29) is 86.3 Å². The number of ether oxygens (including phenoxy) is 6. The zero-order valence-electron chi connectivity index (χ0n) is 56.0. The van der Waals surface area contributed by atoms with Crippen molar-refractivity contribution in [1.82, 2.24) is 15.5 Å². The van der Waals surface area contributed by atoms with Crippen LogP contribution in [-0.4, -0.2) is 176 Å². The highest BCUT2D eigenvalue weighted by atomic mass is 79.9. The minimum atomic E-state index is -1.65. The van der Waals surface area contributed by atoms with Gasteiger partial charge in [-0.3, -0.25) is 28.8 Å². The van der Waals surface area contributed by atoms with E-state index in [4.69, 9.17) is 45.8 Å². The van der Waals surface area contributed by atoms with Crippen molar-refractivity contribution in [3.63, 3.8) is 0 Å². The lowest BCUT2D eigenvalue weighted by atomic mass is 9.78. The van der Waals surface area contributed by atoms with Gasteiger partial charge < -0.3 is 64.6 Å². The lowest BCUT2D eigenvalue weighted by molar-refractivity contribution is -0.187. The number of halogens is 2. The van der Waals surface area contributed by atoms with Crippen molar-refractivity contribution in [3.8, 4) is 0 Å². The quantitative estimate of drug-likeness (QED) is 0.0172. The zero-order valence-corrected chi connectivity index (χ0v) is 58.3. The van der Waals surface area contributed by atoms with Gasteiger partial charge in [0, 0.05) is 101 Å². The third kappa shape index (κ3) is 20.3. The van der Waals surface area contributed by atoms with Crippen LogP contribution in [0.1, 0.15) is 147 Å². The molecule has 0 aliphatic carbocycles. The fourth-order valence-electron chi connectivity index (χ4n) is 12.3. The molecular weight excluding hydrogens is 1280 g/mol. The Labute approximate surface area is 560 Å². The van der Waals surface area contributed by atoms with Crippen LogP contribution in [0.3, 0.4) is 0 Å². The zero-order chi connectivity index (χ0) is 68.9. The van der Waals surface area contributed by atoms with Crippen molar-refractivity contribution in [2.45, 2.75) is 193 Å². The SMILES string of the molecule is C=C(CBr)C(=O)OC(C)(C)CCCCC(=O)C[C@H](C(=O)N[C@@H](CCCNC(N)=O)C(=O)Cc1ccc(C(=O)N(C)[C@@H](C)C(=O)O[C@H]2CC(=O)N(C)c3cc(cc(C)c3Cl)C/C(C)=C/C=C/[C@@H](OC)[C@]3(O)CC(=O)O[C@@H](C3)[C@@H](C)[C@@H]3O[C@@]23C)cc1N1CCOCC1)C(C)C. The Morgan fingerprint density at radius 3 is 2.38 bits per heavy atom. The first kappa shape index (κ1) is 75.5. The molecule has 0 spiro atoms. The predicted octanol–water partition coefficient (Wildman–Crippen LogP) is 8.32. The molecule has 6 rings (SSSR count). The molecule has 22 nitrogen and oxygen atoms in total. The largest absolute Gasteiger partial charge is 0.462 e. The first-order valence-corrected chi connectivity index (χ1v) is 33.5. The van der Waals surface area contributed by atoms with Gasteiger partial charge in [-0.2, -0.15) is 0 Å². The number of hydrogen-bond donors (Lipinski definition) is 4. The number of benzene rings is 2. The number of epoxide rings is 1. The van der Waals surface area contributed by atoms with Crippen LogP contribution in [0.5, 0.6) is 0 Å². The minimum Gasteiger partial charge on any atom is -0.462 e. The number of likely N-dealkylation sites (N-methyl/N-ethyl adjacent to an activating group) is 1. The molecule has 2 aromatic rings. The molecule has 10 atom stereocenters. The summed E-state index contributed by atoms with van der Waals surface area (Å²) in [7, 11) is 4.50. The number of esters is 3. The number of carbonyl (C=O) groups is 9. The van der Waals surface area contributed by atoms with E-state index in [9.17, 15) is 48.3 Å². The molecule has 5 amide bonds. The summed E-state index contributed by atoms with van der Waals surface area (Å²) in [5.74, 6) is -5.62. The van der Waals surface area contributed by atoms with Gasteiger partial charge in [-0.1, -0.05) is 90.8 Å². The van der Waals surface area contributed by atoms with Gasteiger partial charge in [-0.15, -0.1) is 0 Å². The number of aryl methyl sites for hydroxylation is 1. The van der Waals surface area contributed by atoms with E-state index in [0.29, 0.717) is 79.5 Å². The van der Waals surface area contributed by atoms with Gasteiger partial charge >= 0.3 is 23.9 Å². The molecule has 3 fully saturated rings. The molecule has 2 aromatic carbocycles. The van der Waals surface area contributed by atoms with Gasteiger partial charge in [0.15, 0.2) is 5.78 Å². The second-order valence-electron chi connectivity index (χ2n) is 26.5. The third-order valence-corrected chi connectivity index (χ3v) is 19.5. The number of fused-ring (bicyclic) bond motifs is 5. The van der Waals surface area contributed by atoms with Crippen LogP contribution in [0.25, 0.3) is 0 Å². The Morgan fingerprint density at radius 1 is 1.02 bits per heavy atom. The third-order valence-electron chi connectivity index (χ3n) is 18.3. The number of ketones is 2. The number of primary amides is 1. The van der Waals surface area contributed by atoms with E-state index in [1.54, 1.807) is 65.1 Å². The van der Waals surface area contributed by atoms with Crippen molar-refractivity contribution >= 4 is 92.1 Å². The predicted molar refractivity (Wildman–Crippen MR) is 356 cm³/mol. The number of urea groups is 1. The molecule has 0 saturated carbocycles. The van der Waals surface area contributed by atoms with Gasteiger partial charge in [-0.05, 0) is 121 Å². The number of Topliss-reactive ketones (excluding diaryl/α,β-unsaturated/α-hetero) is 2. The summed E-state index contributed by atoms with van der Waals surface area (Å²) in [4.78, 5) is 128. The Bertz CT molecular complexity index is 3170. The van der Waals surface area contributed by atoms with Crippen LogP contribution >= 0.6 is 27.5 Å². The molecular formula is C69H96BrClN6O16. The summed E-state index contributed by atoms with van der Waals surface area (Å²) >= 11 is 10.1. The number of amides is 5. The summed E-state index contributed by atoms with van der Waals surface area (Å²) in [6.07, 6.45) is 3.33. The molecule has 0 radical (unpaired) electrons. The number of aliphatic hydroxyl groups is 1. The van der Waals surface area contributed by atoms with Gasteiger partial charge in [0.25, 0.3) is 5.91 Å². The summed E-state index contributed by atoms with van der Waals surface area (Å²) < 4.78 is 35.7. The standard InChI is InChI=1S/C69H96BrClN6O16/c1-40(2)50(35-49(78)19-14-15-24-67(8,9)93-64(84)43(5)39-70)62(82)74-51(20-17-25-73-66(72)86)54(79)34-47-22-23-48(33-52(47)77-26-28-89-29-27-77)63(83)75(11)45(7)65(85)91-57-36-58(80)76(12)53-32-46(31-42(4)60(53)71)30-41(3)18-16-21-56(88-13)69(87)37-55(90-59(81)38-69)44(6)61-68(57,10)92-61/h16,18,21-23,31-33,40,44-45,50-51,55-57,61,87H,5,14-15,17,19-20,24-30,34-39H2,1-4,6-13H3,(H,74,82)(H3,72,73,86)/b21-16+,41-18+/t44-,45+,50+,51+,55+,56-,57+,61+,68+,69-/m1/s1.